The molecule has 1 aromatic carbocycles. The Bertz CT molecular complexity index is 762. The summed E-state index contributed by atoms with van der Waals surface area (Å²) in [6.07, 6.45) is 5.79. The number of carbonyl (C=O) groups excluding carboxylic acids is 2. The maximum absolute atomic E-state index is 12.7. The number of amides is 1. The van der Waals surface area contributed by atoms with E-state index >= 15 is 0 Å². The van der Waals surface area contributed by atoms with Gasteiger partial charge in [0, 0.05) is 26.2 Å². The van der Waals surface area contributed by atoms with Gasteiger partial charge in [-0.05, 0) is 49.9 Å². The standard InChI is InChI=1S/C19H26N2O5S/c22-18(20-11-5-6-12-20)15-26-19(23)16-7-9-17(10-8-16)27(24,25)21-13-3-1-2-4-14-21/h7-10H,1-6,11-15H2. The quantitative estimate of drug-likeness (QED) is 0.714. The third-order valence-corrected chi connectivity index (χ3v) is 6.99. The van der Waals surface area contributed by atoms with Gasteiger partial charge in [-0.15, -0.1) is 0 Å². The highest BCUT2D eigenvalue weighted by Crippen LogP contribution is 2.21. The predicted octanol–water partition coefficient (Wildman–Crippen LogP) is 2.03. The number of rotatable bonds is 5. The Morgan fingerprint density at radius 2 is 1.41 bits per heavy atom. The Morgan fingerprint density at radius 1 is 0.852 bits per heavy atom. The van der Waals surface area contributed by atoms with Crippen LogP contribution in [0, 0.1) is 0 Å². The molecule has 0 atom stereocenters. The van der Waals surface area contributed by atoms with Crippen molar-refractivity contribution in [1.29, 1.82) is 0 Å². The second-order valence-corrected chi connectivity index (χ2v) is 8.94. The maximum atomic E-state index is 12.7. The molecule has 0 saturated carbocycles. The molecule has 0 aromatic heterocycles. The zero-order valence-electron chi connectivity index (χ0n) is 15.4. The van der Waals surface area contributed by atoms with Gasteiger partial charge in [0.1, 0.15) is 0 Å². The molecular formula is C19H26N2O5S. The number of nitrogens with zero attached hydrogens (tertiary/aromatic N) is 2. The largest absolute Gasteiger partial charge is 0.452 e. The van der Waals surface area contributed by atoms with E-state index in [1.54, 1.807) is 4.90 Å². The fraction of sp³-hybridized carbons (Fsp3) is 0.579. The maximum Gasteiger partial charge on any atom is 0.338 e. The first kappa shape index (κ1) is 19.8. The van der Waals surface area contributed by atoms with Crippen LogP contribution < -0.4 is 0 Å². The molecule has 148 valence electrons. The number of esters is 1. The van der Waals surface area contributed by atoms with Gasteiger partial charge in [-0.2, -0.15) is 4.31 Å². The molecule has 0 radical (unpaired) electrons. The molecular weight excluding hydrogens is 368 g/mol. The van der Waals surface area contributed by atoms with E-state index in [1.165, 1.54) is 28.6 Å². The number of likely N-dealkylation sites (tertiary alicyclic amines) is 1. The monoisotopic (exact) mass is 394 g/mol. The normalized spacial score (nSPS) is 18.9. The van der Waals surface area contributed by atoms with Crippen LogP contribution in [-0.2, 0) is 19.6 Å². The van der Waals surface area contributed by atoms with Gasteiger partial charge in [0.05, 0.1) is 10.5 Å². The highest BCUT2D eigenvalue weighted by molar-refractivity contribution is 7.89. The van der Waals surface area contributed by atoms with Crippen LogP contribution in [0.3, 0.4) is 0 Å². The summed E-state index contributed by atoms with van der Waals surface area (Å²) in [7, 11) is -3.54. The number of benzene rings is 1. The molecule has 0 unspecified atom stereocenters. The SMILES string of the molecule is O=C(OCC(=O)N1CCCC1)c1ccc(S(=O)(=O)N2CCCCCC2)cc1. The number of ether oxygens (including phenoxy) is 1. The van der Waals surface area contributed by atoms with E-state index in [-0.39, 0.29) is 23.0 Å². The zero-order valence-corrected chi connectivity index (χ0v) is 16.2. The number of sulfonamides is 1. The van der Waals surface area contributed by atoms with Crippen molar-refractivity contribution in [3.8, 4) is 0 Å². The van der Waals surface area contributed by atoms with E-state index in [1.807, 2.05) is 0 Å². The van der Waals surface area contributed by atoms with E-state index in [0.717, 1.165) is 38.5 Å². The molecule has 2 fully saturated rings. The molecule has 8 heteroatoms. The van der Waals surface area contributed by atoms with E-state index in [4.69, 9.17) is 4.74 Å². The van der Waals surface area contributed by atoms with Crippen LogP contribution in [0.2, 0.25) is 0 Å². The smallest absolute Gasteiger partial charge is 0.338 e. The van der Waals surface area contributed by atoms with E-state index < -0.39 is 16.0 Å². The van der Waals surface area contributed by atoms with Crippen LogP contribution in [0.1, 0.15) is 48.9 Å². The number of hydrogen-bond acceptors (Lipinski definition) is 5. The summed E-state index contributed by atoms with van der Waals surface area (Å²) in [5.41, 5.74) is 0.235. The molecule has 2 aliphatic heterocycles. The minimum Gasteiger partial charge on any atom is -0.452 e. The van der Waals surface area contributed by atoms with E-state index in [2.05, 4.69) is 0 Å². The van der Waals surface area contributed by atoms with Crippen molar-refractivity contribution >= 4 is 21.9 Å². The summed E-state index contributed by atoms with van der Waals surface area (Å²) < 4.78 is 32.1. The molecule has 0 aliphatic carbocycles. The molecule has 7 nitrogen and oxygen atoms in total. The van der Waals surface area contributed by atoms with Crippen molar-refractivity contribution < 1.29 is 22.7 Å². The third kappa shape index (κ3) is 4.87. The topological polar surface area (TPSA) is 84.0 Å². The second kappa shape index (κ2) is 8.84. The Balaban J connectivity index is 1.60. The summed E-state index contributed by atoms with van der Waals surface area (Å²) in [4.78, 5) is 25.9. The molecule has 0 N–H and O–H groups in total. The minimum absolute atomic E-state index is 0.175. The Kier molecular flexibility index (Phi) is 6.49. The Labute approximate surface area is 160 Å². The molecule has 1 aromatic rings. The summed E-state index contributed by atoms with van der Waals surface area (Å²) in [5.74, 6) is -0.817. The van der Waals surface area contributed by atoms with Crippen molar-refractivity contribution in [1.82, 2.24) is 9.21 Å². The Morgan fingerprint density at radius 3 is 2.00 bits per heavy atom. The van der Waals surface area contributed by atoms with Gasteiger partial charge in [0.2, 0.25) is 10.0 Å². The van der Waals surface area contributed by atoms with Gasteiger partial charge in [0.15, 0.2) is 6.61 Å². The molecule has 2 aliphatic rings. The van der Waals surface area contributed by atoms with Gasteiger partial charge in [-0.25, -0.2) is 13.2 Å². The van der Waals surface area contributed by atoms with Gasteiger partial charge < -0.3 is 9.64 Å². The van der Waals surface area contributed by atoms with Gasteiger partial charge >= 0.3 is 5.97 Å². The van der Waals surface area contributed by atoms with Gasteiger partial charge in [-0.3, -0.25) is 4.79 Å². The number of hydrogen-bond donors (Lipinski definition) is 0. The first-order valence-corrected chi connectivity index (χ1v) is 11.0. The molecule has 2 heterocycles. The third-order valence-electron chi connectivity index (χ3n) is 5.08. The average molecular weight is 394 g/mol. The van der Waals surface area contributed by atoms with Crippen molar-refractivity contribution in [2.75, 3.05) is 32.8 Å². The average Bonchev–Trinajstić information content (AvgIpc) is 3.07. The van der Waals surface area contributed by atoms with Crippen LogP contribution in [0.25, 0.3) is 0 Å². The van der Waals surface area contributed by atoms with Crippen molar-refractivity contribution in [2.45, 2.75) is 43.4 Å². The van der Waals surface area contributed by atoms with Gasteiger partial charge in [-0.1, -0.05) is 12.8 Å². The van der Waals surface area contributed by atoms with Crippen LogP contribution in [0.15, 0.2) is 29.2 Å². The summed E-state index contributed by atoms with van der Waals surface area (Å²) in [5, 5.41) is 0. The highest BCUT2D eigenvalue weighted by atomic mass is 32.2. The predicted molar refractivity (Wildman–Crippen MR) is 99.8 cm³/mol. The summed E-state index contributed by atoms with van der Waals surface area (Å²) >= 11 is 0. The molecule has 0 bridgehead atoms. The minimum atomic E-state index is -3.54. The second-order valence-electron chi connectivity index (χ2n) is 7.01. The fourth-order valence-corrected chi connectivity index (χ4v) is 4.98. The number of carbonyl (C=O) groups is 2. The van der Waals surface area contributed by atoms with Crippen LogP contribution in [0.4, 0.5) is 0 Å². The fourth-order valence-electron chi connectivity index (χ4n) is 3.46. The molecule has 1 amide bonds. The van der Waals surface area contributed by atoms with Crippen molar-refractivity contribution in [3.63, 3.8) is 0 Å². The van der Waals surface area contributed by atoms with E-state index in [9.17, 15) is 18.0 Å². The molecule has 27 heavy (non-hydrogen) atoms. The Hall–Kier alpha value is -1.93. The lowest BCUT2D eigenvalue weighted by Gasteiger charge is -2.20. The molecule has 2 saturated heterocycles. The first-order valence-electron chi connectivity index (χ1n) is 9.53. The highest BCUT2D eigenvalue weighted by Gasteiger charge is 2.25. The summed E-state index contributed by atoms with van der Waals surface area (Å²) in [6.45, 7) is 2.20. The van der Waals surface area contributed by atoms with Crippen molar-refractivity contribution in [2.24, 2.45) is 0 Å². The zero-order chi connectivity index (χ0) is 19.3. The molecule has 0 spiro atoms. The lowest BCUT2D eigenvalue weighted by Crippen LogP contribution is -2.32. The van der Waals surface area contributed by atoms with Crippen LogP contribution in [0.5, 0.6) is 0 Å². The van der Waals surface area contributed by atoms with Crippen molar-refractivity contribution in [3.05, 3.63) is 29.8 Å². The van der Waals surface area contributed by atoms with E-state index in [0.29, 0.717) is 26.2 Å². The first-order chi connectivity index (χ1) is 13.0. The van der Waals surface area contributed by atoms with Crippen LogP contribution >= 0.6 is 0 Å². The lowest BCUT2D eigenvalue weighted by atomic mass is 10.2. The van der Waals surface area contributed by atoms with Gasteiger partial charge in [0.25, 0.3) is 5.91 Å². The summed E-state index contributed by atoms with van der Waals surface area (Å²) in [6, 6.07) is 5.74. The van der Waals surface area contributed by atoms with Crippen LogP contribution in [-0.4, -0.2) is 62.3 Å². The molecule has 3 rings (SSSR count). The lowest BCUT2D eigenvalue weighted by molar-refractivity contribution is -0.133.